The minimum atomic E-state index is -6.42. The van der Waals surface area contributed by atoms with Gasteiger partial charge in [-0.3, -0.25) is 24.0 Å². The number of amides is 5. The maximum absolute atomic E-state index is 15.6. The van der Waals surface area contributed by atoms with E-state index in [9.17, 15) is 60.5 Å². The lowest BCUT2D eigenvalue weighted by Gasteiger charge is -2.38. The summed E-state index contributed by atoms with van der Waals surface area (Å²) in [6.45, 7) is 0.670. The molecule has 516 valence electrons. The van der Waals surface area contributed by atoms with Crippen LogP contribution in [0.15, 0.2) is 164 Å². The van der Waals surface area contributed by atoms with Crippen molar-refractivity contribution in [1.29, 1.82) is 4.29 Å². The van der Waals surface area contributed by atoms with Gasteiger partial charge < -0.3 is 56.9 Å². The normalized spacial score (nSPS) is 13.0. The molecule has 16 nitrogen and oxygen atoms in total. The number of hydrogen-bond acceptors (Lipinski definition) is 11. The largest absolute Gasteiger partial charge is 0.506 e. The van der Waals surface area contributed by atoms with Crippen LogP contribution in [0.25, 0.3) is 0 Å². The smallest absolute Gasteiger partial charge is 0.411 e. The van der Waals surface area contributed by atoms with Crippen molar-refractivity contribution in [1.82, 2.24) is 0 Å². The number of carbonyl (C=O) groups is 5. The number of hydrogen-bond donors (Lipinski definition) is 10. The van der Waals surface area contributed by atoms with E-state index < -0.39 is 179 Å². The van der Waals surface area contributed by atoms with Crippen LogP contribution < -0.4 is 31.3 Å². The van der Waals surface area contributed by atoms with Crippen LogP contribution in [-0.2, 0) is 21.0 Å². The van der Waals surface area contributed by atoms with E-state index in [-0.39, 0.29) is 72.0 Å². The number of phenolic OH excluding ortho intramolecular Hbond substituents is 5. The summed E-state index contributed by atoms with van der Waals surface area (Å²) in [7, 11) is 0. The first-order valence-electron chi connectivity index (χ1n) is 28.5. The Labute approximate surface area is 542 Å². The third-order valence-corrected chi connectivity index (χ3v) is 15.2. The quantitative estimate of drug-likeness (QED) is 0.0269. The number of carbonyl (C=O) groups excluding carboxylic acids is 5. The Balaban J connectivity index is 1.00. The average molecular weight is 1400 g/mol. The molecule has 0 aromatic heterocycles. The Hall–Kier alpha value is -11.4. The highest BCUT2D eigenvalue weighted by molar-refractivity contribution is 6.10. The van der Waals surface area contributed by atoms with Crippen molar-refractivity contribution >= 4 is 58.0 Å². The molecule has 0 radical (unpaired) electrons. The summed E-state index contributed by atoms with van der Waals surface area (Å²) in [5, 5.41) is 43.8. The second kappa shape index (κ2) is 26.0. The SMILES string of the molecule is [2H]Oc1ccc(C(C)(C(F)(F)F)C(F)(F)F)cc1NC(=O)c1cccc(C(=O)Nc2cc(C(c3ccc(O[2H])c(NC(=O)c4ccc(Oc5ccc(C(=O)Nc6cc(C(c7ccc(O)c(NC(C)=O)c7)(C(F)(F)F)C(F)(F)F)ccc6O[2H])cc5)cc4)c3)(C(F)(F)F)C(F)(F)F)ccc2O)c1. The number of ether oxygens (including phenoxy) is 1. The van der Waals surface area contributed by atoms with Crippen molar-refractivity contribution in [2.75, 3.05) is 26.6 Å². The molecule has 34 heteroatoms. The summed E-state index contributed by atoms with van der Waals surface area (Å²) in [5.41, 5.74) is -29.3. The highest BCUT2D eigenvalue weighted by Crippen LogP contribution is 2.60. The van der Waals surface area contributed by atoms with Gasteiger partial charge in [0.2, 0.25) is 16.7 Å². The zero-order chi connectivity index (χ0) is 75.0. The van der Waals surface area contributed by atoms with Crippen LogP contribution in [0.4, 0.5) is 107 Å². The minimum Gasteiger partial charge on any atom is -0.506 e. The number of aromatic hydroxyl groups is 5. The van der Waals surface area contributed by atoms with E-state index >= 15 is 52.7 Å². The van der Waals surface area contributed by atoms with Crippen molar-refractivity contribution in [2.24, 2.45) is 0 Å². The van der Waals surface area contributed by atoms with Crippen LogP contribution in [0.2, 0.25) is 0 Å². The summed E-state index contributed by atoms with van der Waals surface area (Å²) < 4.78 is 295. The van der Waals surface area contributed by atoms with Gasteiger partial charge in [-0.15, -0.1) is 0 Å². The Morgan fingerprint density at radius 2 is 0.602 bits per heavy atom. The number of benzene rings is 8. The van der Waals surface area contributed by atoms with Gasteiger partial charge in [0.05, 0.1) is 28.4 Å². The lowest BCUT2D eigenvalue weighted by atomic mass is 9.72. The van der Waals surface area contributed by atoms with E-state index in [0.717, 1.165) is 73.7 Å². The van der Waals surface area contributed by atoms with Gasteiger partial charge in [0, 0.05) is 29.2 Å². The summed E-state index contributed by atoms with van der Waals surface area (Å²) in [5.74, 6) is -10.8. The van der Waals surface area contributed by atoms with Crippen LogP contribution in [0.1, 0.15) is 83.1 Å². The van der Waals surface area contributed by atoms with E-state index in [0.29, 0.717) is 54.6 Å². The van der Waals surface area contributed by atoms with Gasteiger partial charge in [-0.1, -0.05) is 36.4 Å². The second-order valence-corrected chi connectivity index (χ2v) is 21.4. The molecule has 0 aliphatic carbocycles. The maximum Gasteiger partial charge on any atom is 0.411 e. The number of anilines is 5. The topological polar surface area (TPSA) is 256 Å². The fourth-order valence-corrected chi connectivity index (χ4v) is 10.1. The molecule has 0 saturated carbocycles. The molecular formula is C64H43F18N5O11. The van der Waals surface area contributed by atoms with Gasteiger partial charge in [-0.2, -0.15) is 79.0 Å². The molecular weight excluding hydrogens is 1360 g/mol. The van der Waals surface area contributed by atoms with Crippen molar-refractivity contribution in [3.05, 3.63) is 214 Å². The standard InChI is InChI=1S/C64H43F18N5O11/c1-30(88)83-42-26-36(11-20-47(42)89)57(61(71,72)73,62(74,75)76)37-12-21-49(91)44(27-37)84-52(94)31-6-15-40(16-7-31)98-41-17-8-32(9-18-41)53(95)85-45-28-38(13-22-50(45)92)58(63(77,78)79,64(80,81)82)39-14-23-51(93)46(29-39)87-55(97)34-5-3-4-33(24-34)54(96)86-43-25-35(10-19-48(43)90)56(2,59(65,66)67)60(68,69)70/h3-29,89-93H,1-2H3,(H,83,88)(H,84,94)(H,85,95)(H,86,96)(H,87,97)/i/hD3. The molecule has 98 heavy (non-hydrogen) atoms. The number of nitrogens with one attached hydrogen (secondary N) is 5. The molecule has 0 spiro atoms. The molecule has 0 unspecified atom stereocenters. The van der Waals surface area contributed by atoms with Gasteiger partial charge in [0.25, 0.3) is 27.9 Å². The Morgan fingerprint density at radius 3 is 0.888 bits per heavy atom. The molecule has 5 amide bonds. The molecule has 0 atom stereocenters. The predicted molar refractivity (Wildman–Crippen MR) is 311 cm³/mol. The summed E-state index contributed by atoms with van der Waals surface area (Å²) >= 11 is 0. The summed E-state index contributed by atoms with van der Waals surface area (Å²) in [6, 6.07) is 16.8. The molecule has 0 aliphatic rings. The van der Waals surface area contributed by atoms with Gasteiger partial charge >= 0.3 is 37.1 Å². The van der Waals surface area contributed by atoms with Crippen LogP contribution in [0, 0.1) is 0 Å². The van der Waals surface area contributed by atoms with Crippen LogP contribution in [0.3, 0.4) is 0 Å². The molecule has 0 fully saturated rings. The third kappa shape index (κ3) is 13.7. The molecule has 0 aliphatic heterocycles. The van der Waals surface area contributed by atoms with E-state index in [1.165, 1.54) is 0 Å². The maximum atomic E-state index is 15.6. The Bertz CT molecular complexity index is 4450. The summed E-state index contributed by atoms with van der Waals surface area (Å²) in [4.78, 5) is 65.8. The van der Waals surface area contributed by atoms with Crippen LogP contribution >= 0.6 is 0 Å². The molecule has 0 heterocycles. The molecule has 8 aromatic rings. The Morgan fingerprint density at radius 1 is 0.337 bits per heavy atom. The average Bonchev–Trinajstić information content (AvgIpc) is 0.710. The lowest BCUT2D eigenvalue weighted by Crippen LogP contribution is -2.54. The van der Waals surface area contributed by atoms with Crippen molar-refractivity contribution in [3.8, 4) is 40.2 Å². The summed E-state index contributed by atoms with van der Waals surface area (Å²) in [6.07, 6.45) is -37.2. The molecule has 8 rings (SSSR count). The molecule has 8 aromatic carbocycles. The monoisotopic (exact) mass is 1400 g/mol. The second-order valence-electron chi connectivity index (χ2n) is 21.4. The number of halogens is 18. The fourth-order valence-electron chi connectivity index (χ4n) is 10.1. The number of alkyl halides is 18. The first-order valence-corrected chi connectivity index (χ1v) is 27.3. The van der Waals surface area contributed by atoms with Gasteiger partial charge in [-0.05, 0) is 162 Å². The highest BCUT2D eigenvalue weighted by Gasteiger charge is 2.74. The number of phenols is 5. The Kier molecular flexibility index (Phi) is 18.1. The zero-order valence-corrected chi connectivity index (χ0v) is 49.0. The lowest BCUT2D eigenvalue weighted by molar-refractivity contribution is -0.297. The van der Waals surface area contributed by atoms with E-state index in [2.05, 4.69) is 26.0 Å². The first-order chi connectivity index (χ1) is 46.9. The van der Waals surface area contributed by atoms with Crippen LogP contribution in [0.5, 0.6) is 40.2 Å². The van der Waals surface area contributed by atoms with Crippen molar-refractivity contribution in [3.63, 3.8) is 0 Å². The van der Waals surface area contributed by atoms with Gasteiger partial charge in [-0.25, -0.2) is 0 Å². The van der Waals surface area contributed by atoms with Crippen LogP contribution in [-0.4, -0.2) is 96.4 Å². The van der Waals surface area contributed by atoms with E-state index in [4.69, 9.17) is 9.03 Å². The van der Waals surface area contributed by atoms with Gasteiger partial charge in [0.15, 0.2) is 5.41 Å². The highest BCUT2D eigenvalue weighted by atomic mass is 19.4. The van der Waals surface area contributed by atoms with Crippen molar-refractivity contribution < 1.29 is 133 Å². The number of rotatable bonds is 19. The molecule has 0 bridgehead atoms. The third-order valence-electron chi connectivity index (χ3n) is 15.2. The molecule has 0 saturated heterocycles. The first kappa shape index (κ1) is 68.0. The molecule has 10 N–H and O–H groups in total. The van der Waals surface area contributed by atoms with Crippen molar-refractivity contribution in [2.45, 2.75) is 67.2 Å². The minimum absolute atomic E-state index is 0.0719. The van der Waals surface area contributed by atoms with Gasteiger partial charge in [0.1, 0.15) is 40.2 Å². The fraction of sp³-hybridized carbons (Fsp3) is 0.172. The van der Waals surface area contributed by atoms with E-state index in [1.54, 1.807) is 0 Å². The van der Waals surface area contributed by atoms with E-state index in [1.807, 2.05) is 16.0 Å². The predicted octanol–water partition coefficient (Wildman–Crippen LogP) is 16.2. The zero-order valence-electron chi connectivity index (χ0n) is 52.0.